The molecule has 5 heteroatoms. The number of ether oxygens (including phenoxy) is 1. The standard InChI is InChI=1S/C14H28N2O3/c1-12(2)16(11-13(3)14(17)18)6-4-5-15-7-9-19-10-8-15/h12-13H,4-11H2,1-3H3,(H,17,18). The first kappa shape index (κ1) is 16.4. The Kier molecular flexibility index (Phi) is 7.34. The molecule has 0 radical (unpaired) electrons. The molecule has 1 N–H and O–H groups in total. The van der Waals surface area contributed by atoms with Crippen molar-refractivity contribution in [2.24, 2.45) is 5.92 Å². The molecule has 0 aliphatic carbocycles. The van der Waals surface area contributed by atoms with Gasteiger partial charge in [-0.05, 0) is 33.4 Å². The molecule has 19 heavy (non-hydrogen) atoms. The molecule has 1 aliphatic heterocycles. The maximum absolute atomic E-state index is 10.9. The van der Waals surface area contributed by atoms with Gasteiger partial charge in [-0.3, -0.25) is 9.69 Å². The summed E-state index contributed by atoms with van der Waals surface area (Å²) in [6.45, 7) is 12.4. The molecule has 0 aromatic heterocycles. The van der Waals surface area contributed by atoms with Crippen molar-refractivity contribution in [3.05, 3.63) is 0 Å². The van der Waals surface area contributed by atoms with Crippen molar-refractivity contribution in [3.8, 4) is 0 Å². The first-order valence-corrected chi connectivity index (χ1v) is 7.27. The van der Waals surface area contributed by atoms with Crippen LogP contribution >= 0.6 is 0 Å². The summed E-state index contributed by atoms with van der Waals surface area (Å²) in [4.78, 5) is 15.6. The molecule has 0 bridgehead atoms. The van der Waals surface area contributed by atoms with E-state index in [4.69, 9.17) is 9.84 Å². The fourth-order valence-electron chi connectivity index (χ4n) is 2.31. The second kappa shape index (κ2) is 8.51. The highest BCUT2D eigenvalue weighted by molar-refractivity contribution is 5.69. The highest BCUT2D eigenvalue weighted by Crippen LogP contribution is 2.07. The number of carbonyl (C=O) groups is 1. The molecule has 1 heterocycles. The van der Waals surface area contributed by atoms with E-state index in [1.165, 1.54) is 0 Å². The highest BCUT2D eigenvalue weighted by Gasteiger charge is 2.18. The van der Waals surface area contributed by atoms with E-state index in [2.05, 4.69) is 23.6 Å². The molecular weight excluding hydrogens is 244 g/mol. The Hall–Kier alpha value is -0.650. The van der Waals surface area contributed by atoms with Gasteiger partial charge in [0.25, 0.3) is 0 Å². The van der Waals surface area contributed by atoms with Crippen LogP contribution in [0.5, 0.6) is 0 Å². The summed E-state index contributed by atoms with van der Waals surface area (Å²) >= 11 is 0. The Balaban J connectivity index is 2.26. The van der Waals surface area contributed by atoms with E-state index in [0.29, 0.717) is 12.6 Å². The van der Waals surface area contributed by atoms with E-state index >= 15 is 0 Å². The van der Waals surface area contributed by atoms with Crippen LogP contribution in [0.2, 0.25) is 0 Å². The van der Waals surface area contributed by atoms with E-state index in [1.807, 2.05) is 0 Å². The lowest BCUT2D eigenvalue weighted by atomic mass is 10.1. The predicted molar refractivity (Wildman–Crippen MR) is 75.4 cm³/mol. The van der Waals surface area contributed by atoms with E-state index in [-0.39, 0.29) is 5.92 Å². The Morgan fingerprint density at radius 2 is 1.95 bits per heavy atom. The SMILES string of the molecule is CC(CN(CCCN1CCOCC1)C(C)C)C(=O)O. The van der Waals surface area contributed by atoms with Crippen molar-refractivity contribution in [3.63, 3.8) is 0 Å². The van der Waals surface area contributed by atoms with Crippen molar-refractivity contribution in [2.45, 2.75) is 33.2 Å². The topological polar surface area (TPSA) is 53.0 Å². The van der Waals surface area contributed by atoms with Crippen molar-refractivity contribution >= 4 is 5.97 Å². The second-order valence-corrected chi connectivity index (χ2v) is 5.64. The van der Waals surface area contributed by atoms with Gasteiger partial charge in [0.2, 0.25) is 0 Å². The third-order valence-corrected chi connectivity index (χ3v) is 3.68. The lowest BCUT2D eigenvalue weighted by molar-refractivity contribution is -0.141. The smallest absolute Gasteiger partial charge is 0.307 e. The van der Waals surface area contributed by atoms with E-state index in [1.54, 1.807) is 6.92 Å². The number of nitrogens with zero attached hydrogens (tertiary/aromatic N) is 2. The van der Waals surface area contributed by atoms with Gasteiger partial charge in [-0.25, -0.2) is 0 Å². The molecule has 0 amide bonds. The van der Waals surface area contributed by atoms with Gasteiger partial charge in [-0.1, -0.05) is 6.92 Å². The summed E-state index contributed by atoms with van der Waals surface area (Å²) in [7, 11) is 0. The quantitative estimate of drug-likeness (QED) is 0.718. The van der Waals surface area contributed by atoms with Crippen molar-refractivity contribution in [1.82, 2.24) is 9.80 Å². The number of hydrogen-bond donors (Lipinski definition) is 1. The van der Waals surface area contributed by atoms with Gasteiger partial charge >= 0.3 is 5.97 Å². The normalized spacial score (nSPS) is 19.0. The largest absolute Gasteiger partial charge is 0.481 e. The summed E-state index contributed by atoms with van der Waals surface area (Å²) in [6.07, 6.45) is 1.09. The number of hydrogen-bond acceptors (Lipinski definition) is 4. The van der Waals surface area contributed by atoms with Gasteiger partial charge < -0.3 is 14.7 Å². The average molecular weight is 272 g/mol. The minimum absolute atomic E-state index is 0.300. The monoisotopic (exact) mass is 272 g/mol. The maximum Gasteiger partial charge on any atom is 0.307 e. The molecule has 1 atom stereocenters. The Labute approximate surface area is 116 Å². The third-order valence-electron chi connectivity index (χ3n) is 3.68. The molecule has 1 saturated heterocycles. The number of morpholine rings is 1. The van der Waals surface area contributed by atoms with Gasteiger partial charge in [0.15, 0.2) is 0 Å². The molecule has 0 saturated carbocycles. The molecule has 0 spiro atoms. The van der Waals surface area contributed by atoms with Crippen LogP contribution in [0.1, 0.15) is 27.2 Å². The molecule has 0 aromatic rings. The molecule has 1 aliphatic rings. The summed E-state index contributed by atoms with van der Waals surface area (Å²) < 4.78 is 5.33. The van der Waals surface area contributed by atoms with Gasteiger partial charge in [0.05, 0.1) is 19.1 Å². The van der Waals surface area contributed by atoms with Crippen LogP contribution in [-0.4, -0.2) is 72.9 Å². The van der Waals surface area contributed by atoms with Crippen molar-refractivity contribution in [2.75, 3.05) is 45.9 Å². The van der Waals surface area contributed by atoms with Crippen LogP contribution in [0.15, 0.2) is 0 Å². The Morgan fingerprint density at radius 1 is 1.32 bits per heavy atom. The van der Waals surface area contributed by atoms with Crippen LogP contribution in [0, 0.1) is 5.92 Å². The van der Waals surface area contributed by atoms with Crippen LogP contribution in [0.25, 0.3) is 0 Å². The highest BCUT2D eigenvalue weighted by atomic mass is 16.5. The Bertz CT molecular complexity index is 265. The third kappa shape index (κ3) is 6.36. The lowest BCUT2D eigenvalue weighted by Crippen LogP contribution is -2.41. The van der Waals surface area contributed by atoms with E-state index in [0.717, 1.165) is 45.8 Å². The lowest BCUT2D eigenvalue weighted by Gasteiger charge is -2.30. The first-order valence-electron chi connectivity index (χ1n) is 7.27. The fraction of sp³-hybridized carbons (Fsp3) is 0.929. The summed E-state index contributed by atoms with van der Waals surface area (Å²) in [5, 5.41) is 8.99. The maximum atomic E-state index is 10.9. The minimum Gasteiger partial charge on any atom is -0.481 e. The summed E-state index contributed by atoms with van der Waals surface area (Å²) in [5.41, 5.74) is 0. The second-order valence-electron chi connectivity index (χ2n) is 5.64. The number of carboxylic acids is 1. The number of carboxylic acid groups (broad SMARTS) is 1. The zero-order valence-electron chi connectivity index (χ0n) is 12.5. The first-order chi connectivity index (χ1) is 9.00. The summed E-state index contributed by atoms with van der Waals surface area (Å²) in [5.74, 6) is -1.01. The number of aliphatic carboxylic acids is 1. The Morgan fingerprint density at radius 3 is 2.47 bits per heavy atom. The fourth-order valence-corrected chi connectivity index (χ4v) is 2.31. The van der Waals surface area contributed by atoms with Gasteiger partial charge in [-0.2, -0.15) is 0 Å². The molecule has 5 nitrogen and oxygen atoms in total. The zero-order chi connectivity index (χ0) is 14.3. The van der Waals surface area contributed by atoms with Gasteiger partial charge in [-0.15, -0.1) is 0 Å². The average Bonchev–Trinajstić information content (AvgIpc) is 2.38. The van der Waals surface area contributed by atoms with E-state index in [9.17, 15) is 4.79 Å². The minimum atomic E-state index is -0.709. The molecule has 112 valence electrons. The van der Waals surface area contributed by atoms with Crippen LogP contribution in [0.3, 0.4) is 0 Å². The molecule has 1 fully saturated rings. The molecular formula is C14H28N2O3. The number of rotatable bonds is 8. The van der Waals surface area contributed by atoms with Crippen molar-refractivity contribution < 1.29 is 14.6 Å². The van der Waals surface area contributed by atoms with Crippen LogP contribution < -0.4 is 0 Å². The predicted octanol–water partition coefficient (Wildman–Crippen LogP) is 1.14. The molecule has 1 rings (SSSR count). The van der Waals surface area contributed by atoms with E-state index < -0.39 is 5.97 Å². The van der Waals surface area contributed by atoms with Crippen LogP contribution in [-0.2, 0) is 9.53 Å². The zero-order valence-corrected chi connectivity index (χ0v) is 12.5. The van der Waals surface area contributed by atoms with Gasteiger partial charge in [0, 0.05) is 25.7 Å². The van der Waals surface area contributed by atoms with Crippen LogP contribution in [0.4, 0.5) is 0 Å². The summed E-state index contributed by atoms with van der Waals surface area (Å²) in [6, 6.07) is 0.395. The molecule has 1 unspecified atom stereocenters. The van der Waals surface area contributed by atoms with Gasteiger partial charge in [0.1, 0.15) is 0 Å². The molecule has 0 aromatic carbocycles. The van der Waals surface area contributed by atoms with Crippen molar-refractivity contribution in [1.29, 1.82) is 0 Å².